The number of nitrogens with one attached hydrogen (secondary N) is 2. The summed E-state index contributed by atoms with van der Waals surface area (Å²) in [6, 6.07) is 3.86. The first kappa shape index (κ1) is 17.8. The molecule has 1 saturated carbocycles. The average molecular weight is 370 g/mol. The molecule has 2 N–H and O–H groups in total. The van der Waals surface area contributed by atoms with Crippen LogP contribution >= 0.6 is 0 Å². The quantitative estimate of drug-likeness (QED) is 0.858. The van der Waals surface area contributed by atoms with Gasteiger partial charge in [-0.2, -0.15) is 10.2 Å². The van der Waals surface area contributed by atoms with Gasteiger partial charge in [-0.1, -0.05) is 12.8 Å². The molecule has 0 spiro atoms. The van der Waals surface area contributed by atoms with Crippen molar-refractivity contribution in [1.29, 1.82) is 0 Å². The Morgan fingerprint density at radius 1 is 1.22 bits per heavy atom. The number of piperidine rings is 1. The van der Waals surface area contributed by atoms with E-state index in [0.717, 1.165) is 37.9 Å². The highest BCUT2D eigenvalue weighted by molar-refractivity contribution is 5.93. The topological polar surface area (TPSA) is 95.9 Å². The lowest BCUT2D eigenvalue weighted by molar-refractivity contribution is 0.0694. The molecule has 2 fully saturated rings. The van der Waals surface area contributed by atoms with Crippen LogP contribution in [-0.2, 0) is 7.05 Å². The fraction of sp³-hybridized carbons (Fsp3) is 0.579. The van der Waals surface area contributed by atoms with E-state index in [1.165, 1.54) is 12.8 Å². The summed E-state index contributed by atoms with van der Waals surface area (Å²) in [6.45, 7) is 1.36. The monoisotopic (exact) mass is 370 g/mol. The van der Waals surface area contributed by atoms with Crippen LogP contribution in [0.25, 0.3) is 0 Å². The first-order chi connectivity index (χ1) is 13.1. The minimum atomic E-state index is -0.108. The van der Waals surface area contributed by atoms with Gasteiger partial charge in [0.15, 0.2) is 0 Å². The van der Waals surface area contributed by atoms with E-state index in [-0.39, 0.29) is 23.8 Å². The standard InChI is InChI=1S/C19H26N6O2/c1-24-17(8-9-20-24)19(27)25-10-4-5-13(12-25)15-11-16(23-22-15)18(26)21-14-6-2-3-7-14/h8-9,11,13-14H,2-7,10,12H2,1H3,(H,21,26)(H,22,23). The van der Waals surface area contributed by atoms with Crippen LogP contribution in [0.4, 0.5) is 0 Å². The highest BCUT2D eigenvalue weighted by Crippen LogP contribution is 2.27. The largest absolute Gasteiger partial charge is 0.348 e. The minimum Gasteiger partial charge on any atom is -0.348 e. The van der Waals surface area contributed by atoms with Crippen LogP contribution in [0, 0.1) is 0 Å². The van der Waals surface area contributed by atoms with Crippen molar-refractivity contribution in [2.75, 3.05) is 13.1 Å². The molecule has 8 heteroatoms. The molecule has 144 valence electrons. The van der Waals surface area contributed by atoms with Gasteiger partial charge in [-0.05, 0) is 37.8 Å². The lowest BCUT2D eigenvalue weighted by Gasteiger charge is -2.32. The zero-order valence-electron chi connectivity index (χ0n) is 15.6. The molecule has 2 aromatic heterocycles. The number of carbonyl (C=O) groups is 2. The summed E-state index contributed by atoms with van der Waals surface area (Å²) in [7, 11) is 1.78. The second-order valence-corrected chi connectivity index (χ2v) is 7.59. The van der Waals surface area contributed by atoms with Crippen LogP contribution in [0.1, 0.15) is 71.1 Å². The molecule has 3 heterocycles. The van der Waals surface area contributed by atoms with Gasteiger partial charge in [0.25, 0.3) is 11.8 Å². The van der Waals surface area contributed by atoms with Crippen LogP contribution in [0.3, 0.4) is 0 Å². The molecule has 0 radical (unpaired) electrons. The van der Waals surface area contributed by atoms with Gasteiger partial charge in [0, 0.05) is 44.0 Å². The summed E-state index contributed by atoms with van der Waals surface area (Å²) in [5.74, 6) is 0.0536. The second-order valence-electron chi connectivity index (χ2n) is 7.59. The predicted molar refractivity (Wildman–Crippen MR) is 99.4 cm³/mol. The van der Waals surface area contributed by atoms with Crippen molar-refractivity contribution < 1.29 is 9.59 Å². The highest BCUT2D eigenvalue weighted by atomic mass is 16.2. The number of rotatable bonds is 4. The molecule has 8 nitrogen and oxygen atoms in total. The number of aromatic nitrogens is 4. The van der Waals surface area contributed by atoms with E-state index < -0.39 is 0 Å². The van der Waals surface area contributed by atoms with E-state index in [1.807, 2.05) is 11.0 Å². The van der Waals surface area contributed by atoms with E-state index in [2.05, 4.69) is 20.6 Å². The molecule has 0 bridgehead atoms. The lowest BCUT2D eigenvalue weighted by atomic mass is 9.94. The summed E-state index contributed by atoms with van der Waals surface area (Å²) in [4.78, 5) is 27.0. The molecule has 2 amide bonds. The zero-order valence-corrected chi connectivity index (χ0v) is 15.6. The van der Waals surface area contributed by atoms with Gasteiger partial charge in [-0.15, -0.1) is 0 Å². The van der Waals surface area contributed by atoms with Gasteiger partial charge in [0.2, 0.25) is 0 Å². The van der Waals surface area contributed by atoms with E-state index >= 15 is 0 Å². The van der Waals surface area contributed by atoms with E-state index in [0.29, 0.717) is 17.9 Å². The fourth-order valence-electron chi connectivity index (χ4n) is 4.15. The normalized spacial score (nSPS) is 20.8. The van der Waals surface area contributed by atoms with Crippen LogP contribution in [-0.4, -0.2) is 55.8 Å². The fourth-order valence-corrected chi connectivity index (χ4v) is 4.15. The SMILES string of the molecule is Cn1nccc1C(=O)N1CCCC(c2cc(C(=O)NC3CCCC3)n[nH]2)C1. The van der Waals surface area contributed by atoms with Crippen molar-refractivity contribution in [1.82, 2.24) is 30.2 Å². The molecule has 27 heavy (non-hydrogen) atoms. The summed E-state index contributed by atoms with van der Waals surface area (Å²) in [5.41, 5.74) is 1.96. The summed E-state index contributed by atoms with van der Waals surface area (Å²) >= 11 is 0. The number of nitrogens with zero attached hydrogens (tertiary/aromatic N) is 4. The second kappa shape index (κ2) is 7.54. The van der Waals surface area contributed by atoms with Gasteiger partial charge in [0.1, 0.15) is 11.4 Å². The Morgan fingerprint density at radius 2 is 2.04 bits per heavy atom. The highest BCUT2D eigenvalue weighted by Gasteiger charge is 2.28. The van der Waals surface area contributed by atoms with Gasteiger partial charge in [-0.3, -0.25) is 19.4 Å². The Morgan fingerprint density at radius 3 is 2.78 bits per heavy atom. The molecule has 2 aliphatic rings. The van der Waals surface area contributed by atoms with E-state index in [1.54, 1.807) is 24.0 Å². The summed E-state index contributed by atoms with van der Waals surface area (Å²) in [6.07, 6.45) is 8.00. The number of hydrogen-bond donors (Lipinski definition) is 2. The Kier molecular flexibility index (Phi) is 4.96. The predicted octanol–water partition coefficient (Wildman–Crippen LogP) is 1.84. The Bertz CT molecular complexity index is 820. The first-order valence-electron chi connectivity index (χ1n) is 9.75. The molecule has 1 atom stereocenters. The maximum absolute atomic E-state index is 12.7. The van der Waals surface area contributed by atoms with Crippen molar-refractivity contribution >= 4 is 11.8 Å². The molecule has 1 saturated heterocycles. The van der Waals surface area contributed by atoms with Gasteiger partial charge in [0.05, 0.1) is 0 Å². The van der Waals surface area contributed by atoms with Gasteiger partial charge < -0.3 is 10.2 Å². The first-order valence-corrected chi connectivity index (χ1v) is 9.75. The number of hydrogen-bond acceptors (Lipinski definition) is 4. The van der Waals surface area contributed by atoms with Crippen molar-refractivity contribution in [2.24, 2.45) is 7.05 Å². The van der Waals surface area contributed by atoms with Crippen LogP contribution < -0.4 is 5.32 Å². The molecular formula is C19H26N6O2. The third-order valence-corrected chi connectivity index (χ3v) is 5.71. The van der Waals surface area contributed by atoms with Crippen LogP contribution in [0.5, 0.6) is 0 Å². The number of amides is 2. The molecule has 1 aliphatic heterocycles. The number of likely N-dealkylation sites (tertiary alicyclic amines) is 1. The summed E-state index contributed by atoms with van der Waals surface area (Å²) in [5, 5.41) is 14.4. The minimum absolute atomic E-state index is 0.00147. The van der Waals surface area contributed by atoms with Crippen molar-refractivity contribution in [3.63, 3.8) is 0 Å². The third-order valence-electron chi connectivity index (χ3n) is 5.71. The Labute approximate surface area is 158 Å². The number of aromatic amines is 1. The molecule has 2 aromatic rings. The molecule has 4 rings (SSSR count). The van der Waals surface area contributed by atoms with Crippen molar-refractivity contribution in [2.45, 2.75) is 50.5 Å². The van der Waals surface area contributed by atoms with Crippen LogP contribution in [0.15, 0.2) is 18.3 Å². The Balaban J connectivity index is 1.41. The van der Waals surface area contributed by atoms with Crippen LogP contribution in [0.2, 0.25) is 0 Å². The van der Waals surface area contributed by atoms with Crippen molar-refractivity contribution in [3.8, 4) is 0 Å². The number of aryl methyl sites for hydroxylation is 1. The number of carbonyl (C=O) groups excluding carboxylic acids is 2. The molecule has 1 unspecified atom stereocenters. The number of H-pyrrole nitrogens is 1. The average Bonchev–Trinajstić information content (AvgIpc) is 3.43. The van der Waals surface area contributed by atoms with E-state index in [9.17, 15) is 9.59 Å². The molecular weight excluding hydrogens is 344 g/mol. The lowest BCUT2D eigenvalue weighted by Crippen LogP contribution is -2.40. The summed E-state index contributed by atoms with van der Waals surface area (Å²) < 4.78 is 1.60. The molecule has 1 aliphatic carbocycles. The Hall–Kier alpha value is -2.64. The van der Waals surface area contributed by atoms with Crippen molar-refractivity contribution in [3.05, 3.63) is 35.4 Å². The molecule has 0 aromatic carbocycles. The third kappa shape index (κ3) is 3.74. The smallest absolute Gasteiger partial charge is 0.272 e. The van der Waals surface area contributed by atoms with Gasteiger partial charge in [-0.25, -0.2) is 0 Å². The maximum Gasteiger partial charge on any atom is 0.272 e. The van der Waals surface area contributed by atoms with Gasteiger partial charge >= 0.3 is 0 Å². The maximum atomic E-state index is 12.7. The zero-order chi connectivity index (χ0) is 18.8. The van der Waals surface area contributed by atoms with E-state index in [4.69, 9.17) is 0 Å².